The first-order chi connectivity index (χ1) is 8.56. The molecule has 2 rings (SSSR count). The Labute approximate surface area is 120 Å². The van der Waals surface area contributed by atoms with E-state index < -0.39 is 0 Å². The lowest BCUT2D eigenvalue weighted by Crippen LogP contribution is -2.16. The lowest BCUT2D eigenvalue weighted by molar-refractivity contribution is 0.779. The second-order valence-electron chi connectivity index (χ2n) is 4.32. The van der Waals surface area contributed by atoms with E-state index in [1.165, 1.54) is 4.88 Å². The van der Waals surface area contributed by atoms with Crippen molar-refractivity contribution in [2.75, 3.05) is 11.9 Å². The van der Waals surface area contributed by atoms with Crippen molar-refractivity contribution in [3.8, 4) is 0 Å². The van der Waals surface area contributed by atoms with Gasteiger partial charge in [-0.15, -0.1) is 11.3 Å². The average Bonchev–Trinajstić information content (AvgIpc) is 2.75. The maximum Gasteiger partial charge on any atom is 0.0569 e. The van der Waals surface area contributed by atoms with E-state index in [0.29, 0.717) is 0 Å². The van der Waals surface area contributed by atoms with Crippen molar-refractivity contribution in [2.24, 2.45) is 5.73 Å². The van der Waals surface area contributed by atoms with Crippen LogP contribution in [0.2, 0.25) is 0 Å². The van der Waals surface area contributed by atoms with Gasteiger partial charge < -0.3 is 10.6 Å². The molecular weight excluding hydrogens is 310 g/mol. The van der Waals surface area contributed by atoms with Crippen LogP contribution in [0.15, 0.2) is 34.2 Å². The number of anilines is 1. The van der Waals surface area contributed by atoms with Crippen molar-refractivity contribution in [1.29, 1.82) is 0 Å². The first-order valence-corrected chi connectivity index (χ1v) is 7.39. The number of halogens is 1. The van der Waals surface area contributed by atoms with E-state index in [-0.39, 0.29) is 6.04 Å². The molecule has 0 bridgehead atoms. The smallest absolute Gasteiger partial charge is 0.0569 e. The fourth-order valence-electron chi connectivity index (χ4n) is 1.65. The van der Waals surface area contributed by atoms with Crippen LogP contribution < -0.4 is 10.6 Å². The van der Waals surface area contributed by atoms with Gasteiger partial charge in [0, 0.05) is 27.8 Å². The molecule has 2 heterocycles. The van der Waals surface area contributed by atoms with E-state index in [9.17, 15) is 0 Å². The summed E-state index contributed by atoms with van der Waals surface area (Å²) < 4.78 is 1.14. The highest BCUT2D eigenvalue weighted by Crippen LogP contribution is 2.23. The first kappa shape index (κ1) is 13.5. The molecule has 5 heteroatoms. The Morgan fingerprint density at radius 1 is 1.50 bits per heavy atom. The van der Waals surface area contributed by atoms with Crippen LogP contribution in [0.5, 0.6) is 0 Å². The molecule has 18 heavy (non-hydrogen) atoms. The number of hydrogen-bond acceptors (Lipinski definition) is 4. The molecule has 0 amide bonds. The Hall–Kier alpha value is -0.910. The maximum absolute atomic E-state index is 5.79. The van der Waals surface area contributed by atoms with Gasteiger partial charge in [0.25, 0.3) is 0 Å². The van der Waals surface area contributed by atoms with E-state index in [0.717, 1.165) is 22.4 Å². The number of nitrogens with two attached hydrogens (primary N) is 1. The van der Waals surface area contributed by atoms with Gasteiger partial charge in [0.2, 0.25) is 0 Å². The minimum absolute atomic E-state index is 0.0161. The molecule has 0 saturated heterocycles. The standard InChI is InChI=1S/C13H16BrN3S/c1-9(15)13-4-3-11(6-16-13)17(2)7-12-5-10(14)8-18-12/h3-6,8-9H,7,15H2,1-2H3. The van der Waals surface area contributed by atoms with Gasteiger partial charge in [-0.3, -0.25) is 4.98 Å². The summed E-state index contributed by atoms with van der Waals surface area (Å²) in [5.41, 5.74) is 7.81. The van der Waals surface area contributed by atoms with Gasteiger partial charge >= 0.3 is 0 Å². The predicted octanol–water partition coefficient (Wildman–Crippen LogP) is 3.56. The normalized spacial score (nSPS) is 12.4. The van der Waals surface area contributed by atoms with Gasteiger partial charge in [0.1, 0.15) is 0 Å². The summed E-state index contributed by atoms with van der Waals surface area (Å²) in [7, 11) is 2.07. The quantitative estimate of drug-likeness (QED) is 0.934. The molecule has 0 fully saturated rings. The summed E-state index contributed by atoms with van der Waals surface area (Å²) in [6, 6.07) is 6.18. The summed E-state index contributed by atoms with van der Waals surface area (Å²) in [4.78, 5) is 7.87. The Balaban J connectivity index is 2.06. The third-order valence-electron chi connectivity index (χ3n) is 2.69. The molecule has 2 aromatic heterocycles. The molecule has 1 atom stereocenters. The molecule has 0 spiro atoms. The van der Waals surface area contributed by atoms with Crippen LogP contribution in [-0.2, 0) is 6.54 Å². The molecule has 96 valence electrons. The average molecular weight is 326 g/mol. The lowest BCUT2D eigenvalue weighted by atomic mass is 10.2. The van der Waals surface area contributed by atoms with Crippen LogP contribution in [-0.4, -0.2) is 12.0 Å². The van der Waals surface area contributed by atoms with Crippen LogP contribution in [0.3, 0.4) is 0 Å². The zero-order valence-corrected chi connectivity index (χ0v) is 12.8. The predicted molar refractivity (Wildman–Crippen MR) is 81.0 cm³/mol. The molecule has 2 N–H and O–H groups in total. The van der Waals surface area contributed by atoms with Crippen LogP contribution in [0, 0.1) is 0 Å². The third kappa shape index (κ3) is 3.31. The third-order valence-corrected chi connectivity index (χ3v) is 4.38. The summed E-state index contributed by atoms with van der Waals surface area (Å²) in [5.74, 6) is 0. The van der Waals surface area contributed by atoms with E-state index in [1.807, 2.05) is 19.2 Å². The van der Waals surface area contributed by atoms with Gasteiger partial charge in [0.05, 0.1) is 24.1 Å². The van der Waals surface area contributed by atoms with Crippen molar-refractivity contribution in [1.82, 2.24) is 4.98 Å². The molecular formula is C13H16BrN3S. The van der Waals surface area contributed by atoms with Crippen LogP contribution in [0.25, 0.3) is 0 Å². The Bertz CT molecular complexity index is 507. The van der Waals surface area contributed by atoms with Crippen molar-refractivity contribution >= 4 is 33.0 Å². The Kier molecular flexibility index (Phi) is 4.37. The Morgan fingerprint density at radius 2 is 2.28 bits per heavy atom. The van der Waals surface area contributed by atoms with Crippen LogP contribution in [0.4, 0.5) is 5.69 Å². The molecule has 0 aliphatic carbocycles. The Morgan fingerprint density at radius 3 is 2.78 bits per heavy atom. The first-order valence-electron chi connectivity index (χ1n) is 5.72. The molecule has 0 aliphatic heterocycles. The second kappa shape index (κ2) is 5.82. The van der Waals surface area contributed by atoms with Gasteiger partial charge in [-0.05, 0) is 41.1 Å². The van der Waals surface area contributed by atoms with Crippen molar-refractivity contribution < 1.29 is 0 Å². The topological polar surface area (TPSA) is 42.1 Å². The SMILES string of the molecule is CC(N)c1ccc(N(C)Cc2cc(Br)cs2)cn1. The summed E-state index contributed by atoms with van der Waals surface area (Å²) in [6.45, 7) is 2.82. The van der Waals surface area contributed by atoms with Crippen molar-refractivity contribution in [2.45, 2.75) is 19.5 Å². The zero-order chi connectivity index (χ0) is 13.1. The highest BCUT2D eigenvalue weighted by molar-refractivity contribution is 9.10. The van der Waals surface area contributed by atoms with Crippen molar-refractivity contribution in [3.05, 3.63) is 44.8 Å². The highest BCUT2D eigenvalue weighted by Gasteiger charge is 2.06. The number of rotatable bonds is 4. The number of hydrogen-bond donors (Lipinski definition) is 1. The van der Waals surface area contributed by atoms with E-state index >= 15 is 0 Å². The minimum Gasteiger partial charge on any atom is -0.368 e. The second-order valence-corrected chi connectivity index (χ2v) is 6.23. The highest BCUT2D eigenvalue weighted by atomic mass is 79.9. The molecule has 1 unspecified atom stereocenters. The zero-order valence-electron chi connectivity index (χ0n) is 10.4. The van der Waals surface area contributed by atoms with Crippen LogP contribution in [0.1, 0.15) is 23.5 Å². The number of thiophene rings is 1. The summed E-state index contributed by atoms with van der Waals surface area (Å²) in [6.07, 6.45) is 1.88. The fourth-order valence-corrected chi connectivity index (χ4v) is 3.16. The molecule has 0 radical (unpaired) electrons. The molecule has 0 aromatic carbocycles. The number of nitrogens with zero attached hydrogens (tertiary/aromatic N) is 2. The van der Waals surface area contributed by atoms with E-state index in [1.54, 1.807) is 11.3 Å². The number of pyridine rings is 1. The molecule has 2 aromatic rings. The van der Waals surface area contributed by atoms with E-state index in [2.05, 4.69) is 50.4 Å². The minimum atomic E-state index is -0.0161. The number of aromatic nitrogens is 1. The van der Waals surface area contributed by atoms with Gasteiger partial charge in [-0.1, -0.05) is 0 Å². The molecule has 0 aliphatic rings. The van der Waals surface area contributed by atoms with Gasteiger partial charge in [-0.2, -0.15) is 0 Å². The summed E-state index contributed by atoms with van der Waals surface area (Å²) in [5, 5.41) is 2.10. The van der Waals surface area contributed by atoms with Gasteiger partial charge in [0.15, 0.2) is 0 Å². The van der Waals surface area contributed by atoms with Gasteiger partial charge in [-0.25, -0.2) is 0 Å². The maximum atomic E-state index is 5.79. The van der Waals surface area contributed by atoms with Crippen LogP contribution >= 0.6 is 27.3 Å². The summed E-state index contributed by atoms with van der Waals surface area (Å²) >= 11 is 5.22. The lowest BCUT2D eigenvalue weighted by Gasteiger charge is -2.18. The molecule has 0 saturated carbocycles. The van der Waals surface area contributed by atoms with E-state index in [4.69, 9.17) is 5.73 Å². The largest absolute Gasteiger partial charge is 0.368 e. The molecule has 3 nitrogen and oxygen atoms in total. The monoisotopic (exact) mass is 325 g/mol. The van der Waals surface area contributed by atoms with Crippen molar-refractivity contribution in [3.63, 3.8) is 0 Å². The fraction of sp³-hybridized carbons (Fsp3) is 0.308.